The van der Waals surface area contributed by atoms with Crippen molar-refractivity contribution in [3.05, 3.63) is 11.1 Å². The largest absolute Gasteiger partial charge is 0.345 e. The van der Waals surface area contributed by atoms with Gasteiger partial charge in [-0.25, -0.2) is 4.98 Å². The molecular formula is C17H29N3S. The van der Waals surface area contributed by atoms with Crippen LogP contribution in [0.4, 0.5) is 5.13 Å². The van der Waals surface area contributed by atoms with Crippen molar-refractivity contribution in [2.45, 2.75) is 65.0 Å². The summed E-state index contributed by atoms with van der Waals surface area (Å²) in [5, 5.41) is 4.80. The number of aromatic nitrogens is 1. The summed E-state index contributed by atoms with van der Waals surface area (Å²) in [6, 6.07) is 0.773. The first kappa shape index (κ1) is 15.3. The molecule has 2 fully saturated rings. The zero-order valence-electron chi connectivity index (χ0n) is 13.5. The fraction of sp³-hybridized carbons (Fsp3) is 0.824. The second kappa shape index (κ2) is 7.10. The molecule has 3 rings (SSSR count). The van der Waals surface area contributed by atoms with Crippen LogP contribution in [0.15, 0.2) is 6.20 Å². The van der Waals surface area contributed by atoms with Gasteiger partial charge in [0.2, 0.25) is 0 Å². The van der Waals surface area contributed by atoms with Crippen molar-refractivity contribution in [3.63, 3.8) is 0 Å². The molecule has 1 aliphatic heterocycles. The highest BCUT2D eigenvalue weighted by Gasteiger charge is 2.34. The van der Waals surface area contributed by atoms with Crippen molar-refractivity contribution in [1.29, 1.82) is 0 Å². The molecule has 1 saturated heterocycles. The maximum atomic E-state index is 4.73. The Morgan fingerprint density at radius 2 is 2.10 bits per heavy atom. The van der Waals surface area contributed by atoms with Gasteiger partial charge in [0.1, 0.15) is 0 Å². The number of hydrogen-bond donors (Lipinski definition) is 1. The summed E-state index contributed by atoms with van der Waals surface area (Å²) in [7, 11) is 0. The molecule has 1 N–H and O–H groups in total. The lowest BCUT2D eigenvalue weighted by molar-refractivity contribution is 0.243. The van der Waals surface area contributed by atoms with Gasteiger partial charge in [0, 0.05) is 30.2 Å². The summed E-state index contributed by atoms with van der Waals surface area (Å²) < 4.78 is 0. The van der Waals surface area contributed by atoms with E-state index in [-0.39, 0.29) is 0 Å². The minimum absolute atomic E-state index is 0.711. The third-order valence-corrected chi connectivity index (χ3v) is 5.92. The van der Waals surface area contributed by atoms with Gasteiger partial charge in [0.25, 0.3) is 0 Å². The minimum Gasteiger partial charge on any atom is -0.345 e. The van der Waals surface area contributed by atoms with Crippen LogP contribution in [-0.4, -0.2) is 24.1 Å². The average Bonchev–Trinajstić information content (AvgIpc) is 2.95. The number of thiazole rings is 1. The highest BCUT2D eigenvalue weighted by molar-refractivity contribution is 7.15. The molecule has 118 valence electrons. The van der Waals surface area contributed by atoms with E-state index < -0.39 is 0 Å². The molecule has 2 unspecified atom stereocenters. The quantitative estimate of drug-likeness (QED) is 0.889. The van der Waals surface area contributed by atoms with Crippen LogP contribution in [-0.2, 0) is 6.54 Å². The fourth-order valence-corrected chi connectivity index (χ4v) is 4.82. The lowest BCUT2D eigenvalue weighted by Gasteiger charge is -2.44. The van der Waals surface area contributed by atoms with E-state index >= 15 is 0 Å². The van der Waals surface area contributed by atoms with Gasteiger partial charge in [0.05, 0.1) is 0 Å². The maximum Gasteiger partial charge on any atom is 0.185 e. The monoisotopic (exact) mass is 307 g/mol. The molecular weight excluding hydrogens is 278 g/mol. The summed E-state index contributed by atoms with van der Waals surface area (Å²) in [5.41, 5.74) is 0. The van der Waals surface area contributed by atoms with Gasteiger partial charge in [-0.1, -0.05) is 26.7 Å². The number of nitrogens with zero attached hydrogens (tertiary/aromatic N) is 2. The topological polar surface area (TPSA) is 28.2 Å². The van der Waals surface area contributed by atoms with Crippen LogP contribution in [0, 0.1) is 11.8 Å². The minimum atomic E-state index is 0.711. The summed E-state index contributed by atoms with van der Waals surface area (Å²) in [4.78, 5) is 8.74. The average molecular weight is 308 g/mol. The second-order valence-corrected chi connectivity index (χ2v) is 8.18. The molecule has 3 nitrogen and oxygen atoms in total. The van der Waals surface area contributed by atoms with Crippen LogP contribution in [0.25, 0.3) is 0 Å². The molecule has 4 heteroatoms. The van der Waals surface area contributed by atoms with Gasteiger partial charge < -0.3 is 10.2 Å². The van der Waals surface area contributed by atoms with Gasteiger partial charge in [-0.15, -0.1) is 11.3 Å². The molecule has 0 spiro atoms. The number of nitrogens with one attached hydrogen (secondary N) is 1. The molecule has 0 aromatic carbocycles. The molecule has 0 amide bonds. The summed E-state index contributed by atoms with van der Waals surface area (Å²) in [6.45, 7) is 7.77. The van der Waals surface area contributed by atoms with Crippen LogP contribution < -0.4 is 10.2 Å². The SMILES string of the molecule is CC(C)CNCc1cnc(N2CCCC3CCCCC32)s1. The Bertz CT molecular complexity index is 441. The fourth-order valence-electron chi connectivity index (χ4n) is 3.86. The number of hydrogen-bond acceptors (Lipinski definition) is 4. The van der Waals surface area contributed by atoms with E-state index in [1.165, 1.54) is 55.1 Å². The molecule has 2 atom stereocenters. The van der Waals surface area contributed by atoms with Gasteiger partial charge in [-0.3, -0.25) is 0 Å². The Hall–Kier alpha value is -0.610. The Morgan fingerprint density at radius 3 is 2.95 bits per heavy atom. The van der Waals surface area contributed by atoms with E-state index in [0.29, 0.717) is 5.92 Å². The summed E-state index contributed by atoms with van der Waals surface area (Å²) in [5.74, 6) is 1.64. The standard InChI is InChI=1S/C17H29N3S/c1-13(2)10-18-11-15-12-19-17(21-15)20-9-5-7-14-6-3-4-8-16(14)20/h12-14,16,18H,3-11H2,1-2H3. The Balaban J connectivity index is 1.61. The van der Waals surface area contributed by atoms with Crippen LogP contribution >= 0.6 is 11.3 Å². The lowest BCUT2D eigenvalue weighted by Crippen LogP contribution is -2.46. The highest BCUT2D eigenvalue weighted by Crippen LogP contribution is 2.38. The summed E-state index contributed by atoms with van der Waals surface area (Å²) >= 11 is 1.90. The zero-order valence-corrected chi connectivity index (χ0v) is 14.3. The van der Waals surface area contributed by atoms with E-state index in [9.17, 15) is 0 Å². The molecule has 2 heterocycles. The molecule has 21 heavy (non-hydrogen) atoms. The van der Waals surface area contributed by atoms with Crippen molar-refractivity contribution in [1.82, 2.24) is 10.3 Å². The Labute approximate surface area is 133 Å². The first-order chi connectivity index (χ1) is 10.2. The molecule has 0 radical (unpaired) electrons. The van der Waals surface area contributed by atoms with Crippen molar-refractivity contribution in [2.24, 2.45) is 11.8 Å². The third-order valence-electron chi connectivity index (χ3n) is 4.88. The van der Waals surface area contributed by atoms with Crippen LogP contribution in [0.2, 0.25) is 0 Å². The molecule has 1 aromatic rings. The normalized spacial score (nSPS) is 26.1. The third kappa shape index (κ3) is 3.78. The van der Waals surface area contributed by atoms with Gasteiger partial charge >= 0.3 is 0 Å². The van der Waals surface area contributed by atoms with E-state index in [0.717, 1.165) is 25.0 Å². The van der Waals surface area contributed by atoms with Gasteiger partial charge in [-0.2, -0.15) is 0 Å². The molecule has 2 aliphatic rings. The predicted molar refractivity (Wildman–Crippen MR) is 91.0 cm³/mol. The maximum absolute atomic E-state index is 4.73. The van der Waals surface area contributed by atoms with Crippen molar-refractivity contribution >= 4 is 16.5 Å². The van der Waals surface area contributed by atoms with E-state index in [1.54, 1.807) is 0 Å². The zero-order chi connectivity index (χ0) is 14.7. The Kier molecular flexibility index (Phi) is 5.17. The van der Waals surface area contributed by atoms with Crippen LogP contribution in [0.1, 0.15) is 57.2 Å². The molecule has 1 saturated carbocycles. The van der Waals surface area contributed by atoms with Crippen LogP contribution in [0.5, 0.6) is 0 Å². The van der Waals surface area contributed by atoms with E-state index in [4.69, 9.17) is 4.98 Å². The van der Waals surface area contributed by atoms with E-state index in [1.807, 2.05) is 11.3 Å². The van der Waals surface area contributed by atoms with Crippen molar-refractivity contribution in [3.8, 4) is 0 Å². The van der Waals surface area contributed by atoms with Crippen molar-refractivity contribution in [2.75, 3.05) is 18.0 Å². The number of rotatable bonds is 5. The second-order valence-electron chi connectivity index (χ2n) is 7.08. The number of fused-ring (bicyclic) bond motifs is 1. The summed E-state index contributed by atoms with van der Waals surface area (Å²) in [6.07, 6.45) is 10.5. The molecule has 0 bridgehead atoms. The first-order valence-electron chi connectivity index (χ1n) is 8.66. The first-order valence-corrected chi connectivity index (χ1v) is 9.47. The van der Waals surface area contributed by atoms with Gasteiger partial charge in [0.15, 0.2) is 5.13 Å². The lowest BCUT2D eigenvalue weighted by atomic mass is 9.78. The predicted octanol–water partition coefficient (Wildman–Crippen LogP) is 4.05. The number of piperidine rings is 1. The smallest absolute Gasteiger partial charge is 0.185 e. The Morgan fingerprint density at radius 1 is 1.29 bits per heavy atom. The number of anilines is 1. The van der Waals surface area contributed by atoms with Gasteiger partial charge in [-0.05, 0) is 44.1 Å². The highest BCUT2D eigenvalue weighted by atomic mass is 32.1. The van der Waals surface area contributed by atoms with E-state index in [2.05, 4.69) is 30.3 Å². The van der Waals surface area contributed by atoms with Crippen molar-refractivity contribution < 1.29 is 0 Å². The molecule has 1 aromatic heterocycles. The molecule has 1 aliphatic carbocycles. The van der Waals surface area contributed by atoms with Crippen LogP contribution in [0.3, 0.4) is 0 Å².